The Balaban J connectivity index is 1.68. The fourth-order valence-corrected chi connectivity index (χ4v) is 3.33. The fourth-order valence-electron chi connectivity index (χ4n) is 2.77. The van der Waals surface area contributed by atoms with E-state index in [1.54, 1.807) is 7.11 Å². The molecule has 0 N–H and O–H groups in total. The normalized spacial score (nSPS) is 26.5. The van der Waals surface area contributed by atoms with Crippen LogP contribution >= 0.6 is 22.9 Å². The van der Waals surface area contributed by atoms with E-state index >= 15 is 0 Å². The third-order valence-corrected chi connectivity index (χ3v) is 4.91. The Labute approximate surface area is 119 Å². The molecule has 0 atom stereocenters. The molecule has 0 saturated carbocycles. The van der Waals surface area contributed by atoms with Crippen LogP contribution in [0.4, 0.5) is 0 Å². The standard InChI is InChI=1S/C12H24IN3O/c1-17-11-10-14-6-8-15(9-7-14)12-2-4-16(13)5-3-12/h12H,2-11H2,1H3. The summed E-state index contributed by atoms with van der Waals surface area (Å²) in [7, 11) is 1.79. The molecule has 0 amide bonds. The third-order valence-electron chi connectivity index (χ3n) is 3.94. The van der Waals surface area contributed by atoms with Crippen LogP contribution in [-0.4, -0.2) is 78.5 Å². The molecule has 2 aliphatic heterocycles. The maximum absolute atomic E-state index is 5.14. The Morgan fingerprint density at radius 2 is 1.71 bits per heavy atom. The van der Waals surface area contributed by atoms with E-state index < -0.39 is 0 Å². The molecule has 0 aromatic rings. The van der Waals surface area contributed by atoms with E-state index in [0.29, 0.717) is 0 Å². The number of ether oxygens (including phenoxy) is 1. The van der Waals surface area contributed by atoms with Crippen molar-refractivity contribution in [2.24, 2.45) is 0 Å². The van der Waals surface area contributed by atoms with Crippen molar-refractivity contribution in [1.82, 2.24) is 12.9 Å². The second-order valence-electron chi connectivity index (χ2n) is 5.01. The Hall–Kier alpha value is 0.570. The summed E-state index contributed by atoms with van der Waals surface area (Å²) in [6, 6.07) is 0.839. The Kier molecular flexibility index (Phi) is 5.95. The molecule has 0 unspecified atom stereocenters. The van der Waals surface area contributed by atoms with Gasteiger partial charge in [-0.1, -0.05) is 0 Å². The number of piperazine rings is 1. The number of nitrogens with zero attached hydrogens (tertiary/aromatic N) is 3. The van der Waals surface area contributed by atoms with E-state index in [0.717, 1.165) is 19.2 Å². The zero-order valence-corrected chi connectivity index (χ0v) is 12.9. The van der Waals surface area contributed by atoms with Gasteiger partial charge >= 0.3 is 0 Å². The molecule has 100 valence electrons. The first-order chi connectivity index (χ1) is 8.29. The molecule has 0 bridgehead atoms. The molecular weight excluding hydrogens is 329 g/mol. The van der Waals surface area contributed by atoms with E-state index in [9.17, 15) is 0 Å². The average molecular weight is 353 g/mol. The lowest BCUT2D eigenvalue weighted by atomic mass is 10.0. The zero-order chi connectivity index (χ0) is 12.1. The monoisotopic (exact) mass is 353 g/mol. The van der Waals surface area contributed by atoms with Crippen molar-refractivity contribution in [2.45, 2.75) is 18.9 Å². The van der Waals surface area contributed by atoms with Gasteiger partial charge in [0.25, 0.3) is 0 Å². The first kappa shape index (κ1) is 14.0. The number of hydrogen-bond acceptors (Lipinski definition) is 4. The second kappa shape index (κ2) is 7.23. The van der Waals surface area contributed by atoms with Crippen molar-refractivity contribution >= 4 is 22.9 Å². The zero-order valence-electron chi connectivity index (χ0n) is 10.8. The van der Waals surface area contributed by atoms with E-state index in [4.69, 9.17) is 4.74 Å². The minimum atomic E-state index is 0.839. The molecule has 2 aliphatic rings. The number of methoxy groups -OCH3 is 1. The molecule has 2 rings (SSSR count). The van der Waals surface area contributed by atoms with Gasteiger partial charge in [-0.3, -0.25) is 9.80 Å². The maximum Gasteiger partial charge on any atom is 0.0589 e. The van der Waals surface area contributed by atoms with Crippen molar-refractivity contribution in [3.05, 3.63) is 0 Å². The highest BCUT2D eigenvalue weighted by Gasteiger charge is 2.26. The molecule has 0 aromatic heterocycles. The van der Waals surface area contributed by atoms with Crippen LogP contribution in [0.15, 0.2) is 0 Å². The molecule has 2 heterocycles. The number of hydrogen-bond donors (Lipinski definition) is 0. The molecule has 0 radical (unpaired) electrons. The van der Waals surface area contributed by atoms with Crippen molar-refractivity contribution in [3.8, 4) is 0 Å². The van der Waals surface area contributed by atoms with Crippen molar-refractivity contribution < 1.29 is 4.74 Å². The van der Waals surface area contributed by atoms with Gasteiger partial charge in [-0.05, 0) is 12.8 Å². The summed E-state index contributed by atoms with van der Waals surface area (Å²) in [6.45, 7) is 9.40. The summed E-state index contributed by atoms with van der Waals surface area (Å²) >= 11 is 2.45. The van der Waals surface area contributed by atoms with Crippen LogP contribution in [-0.2, 0) is 4.74 Å². The van der Waals surface area contributed by atoms with Gasteiger partial charge in [0.2, 0.25) is 0 Å². The smallest absolute Gasteiger partial charge is 0.0589 e. The topological polar surface area (TPSA) is 19.0 Å². The lowest BCUT2D eigenvalue weighted by molar-refractivity contribution is 0.0607. The van der Waals surface area contributed by atoms with Gasteiger partial charge < -0.3 is 4.74 Å². The second-order valence-corrected chi connectivity index (χ2v) is 6.38. The van der Waals surface area contributed by atoms with Crippen LogP contribution in [0.3, 0.4) is 0 Å². The van der Waals surface area contributed by atoms with Gasteiger partial charge in [-0.2, -0.15) is 0 Å². The highest BCUT2D eigenvalue weighted by molar-refractivity contribution is 14.1. The summed E-state index contributed by atoms with van der Waals surface area (Å²) in [5.41, 5.74) is 0. The molecule has 0 spiro atoms. The van der Waals surface area contributed by atoms with Crippen LogP contribution in [0.25, 0.3) is 0 Å². The number of rotatable bonds is 4. The summed E-state index contributed by atoms with van der Waals surface area (Å²) in [5.74, 6) is 0. The lowest BCUT2D eigenvalue weighted by Gasteiger charge is -2.41. The van der Waals surface area contributed by atoms with Gasteiger partial charge in [0.1, 0.15) is 0 Å². The highest BCUT2D eigenvalue weighted by atomic mass is 127. The van der Waals surface area contributed by atoms with Crippen molar-refractivity contribution in [1.29, 1.82) is 0 Å². The Morgan fingerprint density at radius 3 is 2.29 bits per heavy atom. The first-order valence-corrected chi connectivity index (χ1v) is 7.62. The summed E-state index contributed by atoms with van der Waals surface area (Å²) in [6.07, 6.45) is 2.70. The minimum Gasteiger partial charge on any atom is -0.383 e. The third kappa shape index (κ3) is 4.31. The molecule has 5 heteroatoms. The molecule has 0 aromatic carbocycles. The minimum absolute atomic E-state index is 0.839. The molecule has 0 aliphatic carbocycles. The van der Waals surface area contributed by atoms with Crippen molar-refractivity contribution in [2.75, 3.05) is 59.5 Å². The van der Waals surface area contributed by atoms with Crippen molar-refractivity contribution in [3.63, 3.8) is 0 Å². The fraction of sp³-hybridized carbons (Fsp3) is 1.00. The van der Waals surface area contributed by atoms with Gasteiger partial charge in [-0.25, -0.2) is 3.11 Å². The van der Waals surface area contributed by atoms with E-state index in [-0.39, 0.29) is 0 Å². The number of halogens is 1. The molecule has 4 nitrogen and oxygen atoms in total. The molecule has 2 fully saturated rings. The van der Waals surface area contributed by atoms with Crippen LogP contribution in [0.2, 0.25) is 0 Å². The number of piperidine rings is 1. The molecule has 17 heavy (non-hydrogen) atoms. The van der Waals surface area contributed by atoms with Crippen LogP contribution in [0.5, 0.6) is 0 Å². The van der Waals surface area contributed by atoms with Crippen LogP contribution in [0, 0.1) is 0 Å². The summed E-state index contributed by atoms with van der Waals surface area (Å²) < 4.78 is 7.56. The summed E-state index contributed by atoms with van der Waals surface area (Å²) in [5, 5.41) is 0. The first-order valence-electron chi connectivity index (χ1n) is 6.65. The molecule has 2 saturated heterocycles. The Bertz CT molecular complexity index is 214. The van der Waals surface area contributed by atoms with Crippen LogP contribution < -0.4 is 0 Å². The van der Waals surface area contributed by atoms with Gasteiger partial charge in [-0.15, -0.1) is 0 Å². The van der Waals surface area contributed by atoms with E-state index in [2.05, 4.69) is 35.8 Å². The van der Waals surface area contributed by atoms with E-state index in [1.165, 1.54) is 52.1 Å². The average Bonchev–Trinajstić information content (AvgIpc) is 2.38. The highest BCUT2D eigenvalue weighted by Crippen LogP contribution is 2.20. The van der Waals surface area contributed by atoms with Gasteiger partial charge in [0.05, 0.1) is 6.61 Å². The predicted octanol–water partition coefficient (Wildman–Crippen LogP) is 1.06. The lowest BCUT2D eigenvalue weighted by Crippen LogP contribution is -2.52. The predicted molar refractivity (Wildman–Crippen MR) is 78.5 cm³/mol. The summed E-state index contributed by atoms with van der Waals surface area (Å²) in [4.78, 5) is 5.22. The van der Waals surface area contributed by atoms with Gasteiger partial charge in [0, 0.05) is 81.8 Å². The quantitative estimate of drug-likeness (QED) is 0.556. The van der Waals surface area contributed by atoms with E-state index in [1.807, 2.05) is 0 Å². The van der Waals surface area contributed by atoms with Gasteiger partial charge in [0.15, 0.2) is 0 Å². The maximum atomic E-state index is 5.14. The SMILES string of the molecule is COCCN1CCN(C2CCN(I)CC2)CC1. The Morgan fingerprint density at radius 1 is 1.06 bits per heavy atom. The van der Waals surface area contributed by atoms with Crippen LogP contribution in [0.1, 0.15) is 12.8 Å². The largest absolute Gasteiger partial charge is 0.383 e. The molecular formula is C12H24IN3O.